The highest BCUT2D eigenvalue weighted by Gasteiger charge is 2.12. The van der Waals surface area contributed by atoms with Crippen molar-refractivity contribution in [3.63, 3.8) is 0 Å². The predicted molar refractivity (Wildman–Crippen MR) is 80.5 cm³/mol. The van der Waals surface area contributed by atoms with Crippen LogP contribution >= 0.6 is 0 Å². The smallest absolute Gasteiger partial charge is 0.167 e. The monoisotopic (exact) mass is 264 g/mol. The second kappa shape index (κ2) is 8.24. The quantitative estimate of drug-likeness (QED) is 0.671. The SMILES string of the molecule is C=Cc1cccc(C(CC)O[SiH2]C(C)COC)c1. The van der Waals surface area contributed by atoms with Crippen molar-refractivity contribution in [1.82, 2.24) is 0 Å². The lowest BCUT2D eigenvalue weighted by atomic mass is 10.0. The third-order valence-electron chi connectivity index (χ3n) is 2.92. The summed E-state index contributed by atoms with van der Waals surface area (Å²) < 4.78 is 11.3. The van der Waals surface area contributed by atoms with Gasteiger partial charge in [-0.3, -0.25) is 0 Å². The molecule has 1 aromatic rings. The summed E-state index contributed by atoms with van der Waals surface area (Å²) in [6.07, 6.45) is 3.10. The molecule has 1 rings (SSSR count). The molecule has 100 valence electrons. The van der Waals surface area contributed by atoms with Crippen LogP contribution in [0, 0.1) is 0 Å². The third kappa shape index (κ3) is 4.76. The van der Waals surface area contributed by atoms with E-state index in [9.17, 15) is 0 Å². The summed E-state index contributed by atoms with van der Waals surface area (Å²) in [5, 5.41) is 0. The van der Waals surface area contributed by atoms with Crippen LogP contribution in [0.5, 0.6) is 0 Å². The molecule has 0 amide bonds. The molecule has 0 saturated carbocycles. The van der Waals surface area contributed by atoms with Gasteiger partial charge in [-0.2, -0.15) is 0 Å². The molecule has 2 nitrogen and oxygen atoms in total. The van der Waals surface area contributed by atoms with Gasteiger partial charge in [0.15, 0.2) is 9.76 Å². The van der Waals surface area contributed by atoms with Crippen LogP contribution in [0.1, 0.15) is 37.5 Å². The average molecular weight is 264 g/mol. The van der Waals surface area contributed by atoms with E-state index in [1.165, 1.54) is 5.56 Å². The Morgan fingerprint density at radius 3 is 2.83 bits per heavy atom. The summed E-state index contributed by atoms with van der Waals surface area (Å²) >= 11 is 0. The van der Waals surface area contributed by atoms with Gasteiger partial charge >= 0.3 is 0 Å². The molecule has 0 spiro atoms. The van der Waals surface area contributed by atoms with E-state index in [1.807, 2.05) is 6.08 Å². The molecule has 0 bridgehead atoms. The first kappa shape index (κ1) is 15.2. The highest BCUT2D eigenvalue weighted by atomic mass is 28.2. The molecule has 0 aliphatic rings. The second-order valence-corrected chi connectivity index (χ2v) is 6.73. The lowest BCUT2D eigenvalue weighted by Crippen LogP contribution is -2.14. The van der Waals surface area contributed by atoms with Gasteiger partial charge in [-0.15, -0.1) is 0 Å². The van der Waals surface area contributed by atoms with Gasteiger partial charge in [-0.05, 0) is 29.2 Å². The number of hydrogen-bond acceptors (Lipinski definition) is 2. The maximum Gasteiger partial charge on any atom is 0.167 e. The molecule has 0 heterocycles. The third-order valence-corrected chi connectivity index (χ3v) is 4.32. The summed E-state index contributed by atoms with van der Waals surface area (Å²) in [6, 6.07) is 8.43. The lowest BCUT2D eigenvalue weighted by Gasteiger charge is -2.19. The molecule has 0 aliphatic heterocycles. The minimum absolute atomic E-state index is 0.218. The van der Waals surface area contributed by atoms with Gasteiger partial charge in [-0.25, -0.2) is 0 Å². The molecule has 0 N–H and O–H groups in total. The Labute approximate surface area is 113 Å². The van der Waals surface area contributed by atoms with Crippen LogP contribution in [0.25, 0.3) is 6.08 Å². The van der Waals surface area contributed by atoms with Gasteiger partial charge in [0.25, 0.3) is 0 Å². The highest BCUT2D eigenvalue weighted by Crippen LogP contribution is 2.23. The Bertz CT molecular complexity index is 365. The first-order chi connectivity index (χ1) is 8.71. The maximum absolute atomic E-state index is 6.12. The Morgan fingerprint density at radius 2 is 2.22 bits per heavy atom. The molecule has 18 heavy (non-hydrogen) atoms. The molecule has 0 aliphatic carbocycles. The number of rotatable bonds is 8. The summed E-state index contributed by atoms with van der Waals surface area (Å²) in [4.78, 5) is 0. The molecule has 1 aromatic carbocycles. The Kier molecular flexibility index (Phi) is 6.94. The second-order valence-electron chi connectivity index (χ2n) is 4.66. The number of ether oxygens (including phenoxy) is 1. The van der Waals surface area contributed by atoms with Crippen LogP contribution in [0.15, 0.2) is 30.8 Å². The fraction of sp³-hybridized carbons (Fsp3) is 0.467. The zero-order valence-electron chi connectivity index (χ0n) is 11.7. The van der Waals surface area contributed by atoms with Crippen molar-refractivity contribution in [3.05, 3.63) is 42.0 Å². The van der Waals surface area contributed by atoms with Crippen LogP contribution < -0.4 is 0 Å². The summed E-state index contributed by atoms with van der Waals surface area (Å²) in [6.45, 7) is 8.97. The molecule has 3 heteroatoms. The normalized spacial score (nSPS) is 14.8. The van der Waals surface area contributed by atoms with Crippen molar-refractivity contribution in [3.8, 4) is 0 Å². The van der Waals surface area contributed by atoms with E-state index in [2.05, 4.69) is 44.7 Å². The average Bonchev–Trinajstić information content (AvgIpc) is 2.40. The standard InChI is InChI=1S/C15H24O2Si/c1-5-13-8-7-9-14(10-13)15(6-2)17-18-12(3)11-16-4/h5,7-10,12,15H,1,6,11,18H2,2-4H3. The Hall–Kier alpha value is -0.903. The van der Waals surface area contributed by atoms with Gasteiger partial charge in [0.1, 0.15) is 0 Å². The van der Waals surface area contributed by atoms with Crippen molar-refractivity contribution >= 4 is 15.8 Å². The summed E-state index contributed by atoms with van der Waals surface area (Å²) in [5.74, 6) is 0. The Balaban J connectivity index is 2.61. The molecule has 0 radical (unpaired) electrons. The van der Waals surface area contributed by atoms with Crippen LogP contribution in [0.2, 0.25) is 5.54 Å². The molecule has 0 fully saturated rings. The summed E-state index contributed by atoms with van der Waals surface area (Å²) in [5.41, 5.74) is 2.97. The van der Waals surface area contributed by atoms with E-state index in [0.717, 1.165) is 18.6 Å². The van der Waals surface area contributed by atoms with Gasteiger partial charge in [0.2, 0.25) is 0 Å². The van der Waals surface area contributed by atoms with Gasteiger partial charge in [0, 0.05) is 13.7 Å². The van der Waals surface area contributed by atoms with Gasteiger partial charge in [0.05, 0.1) is 6.10 Å². The van der Waals surface area contributed by atoms with Crippen LogP contribution in [0.4, 0.5) is 0 Å². The van der Waals surface area contributed by atoms with E-state index in [1.54, 1.807) is 7.11 Å². The van der Waals surface area contributed by atoms with Crippen LogP contribution in [0.3, 0.4) is 0 Å². The summed E-state index contributed by atoms with van der Waals surface area (Å²) in [7, 11) is 1.20. The highest BCUT2D eigenvalue weighted by molar-refractivity contribution is 6.29. The van der Waals surface area contributed by atoms with E-state index in [0.29, 0.717) is 5.54 Å². The number of hydrogen-bond donors (Lipinski definition) is 0. The number of methoxy groups -OCH3 is 1. The molecule has 2 atom stereocenters. The van der Waals surface area contributed by atoms with Crippen LogP contribution in [-0.2, 0) is 9.16 Å². The first-order valence-electron chi connectivity index (χ1n) is 6.54. The van der Waals surface area contributed by atoms with E-state index >= 15 is 0 Å². The molecular formula is C15H24O2Si. The fourth-order valence-electron chi connectivity index (χ4n) is 1.95. The van der Waals surface area contributed by atoms with Crippen molar-refractivity contribution < 1.29 is 9.16 Å². The molecule has 0 saturated heterocycles. The first-order valence-corrected chi connectivity index (χ1v) is 7.93. The van der Waals surface area contributed by atoms with Crippen molar-refractivity contribution in [2.24, 2.45) is 0 Å². The van der Waals surface area contributed by atoms with E-state index < -0.39 is 9.76 Å². The zero-order valence-corrected chi connectivity index (χ0v) is 13.1. The van der Waals surface area contributed by atoms with E-state index in [4.69, 9.17) is 9.16 Å². The Morgan fingerprint density at radius 1 is 1.44 bits per heavy atom. The fourth-order valence-corrected chi connectivity index (χ4v) is 3.27. The molecular weight excluding hydrogens is 240 g/mol. The van der Waals surface area contributed by atoms with E-state index in [-0.39, 0.29) is 6.10 Å². The molecule has 2 unspecified atom stereocenters. The number of benzene rings is 1. The minimum atomic E-state index is -0.547. The maximum atomic E-state index is 6.12. The molecule has 0 aromatic heterocycles. The minimum Gasteiger partial charge on any atom is -0.417 e. The van der Waals surface area contributed by atoms with Crippen molar-refractivity contribution in [1.29, 1.82) is 0 Å². The van der Waals surface area contributed by atoms with Crippen molar-refractivity contribution in [2.45, 2.75) is 31.9 Å². The zero-order chi connectivity index (χ0) is 13.4. The van der Waals surface area contributed by atoms with Gasteiger partial charge in [-0.1, -0.05) is 44.7 Å². The topological polar surface area (TPSA) is 18.5 Å². The van der Waals surface area contributed by atoms with Crippen molar-refractivity contribution in [2.75, 3.05) is 13.7 Å². The lowest BCUT2D eigenvalue weighted by molar-refractivity contribution is 0.175. The largest absolute Gasteiger partial charge is 0.417 e. The van der Waals surface area contributed by atoms with Crippen LogP contribution in [-0.4, -0.2) is 23.5 Å². The van der Waals surface area contributed by atoms with Gasteiger partial charge < -0.3 is 9.16 Å². The predicted octanol–water partition coefficient (Wildman–Crippen LogP) is 3.34.